The second kappa shape index (κ2) is 4.82. The van der Waals surface area contributed by atoms with Crippen molar-refractivity contribution < 1.29 is 0 Å². The molecule has 1 N–H and O–H groups in total. The molecule has 1 aliphatic rings. The highest BCUT2D eigenvalue weighted by molar-refractivity contribution is 5.32. The van der Waals surface area contributed by atoms with Crippen LogP contribution in [0.2, 0.25) is 0 Å². The van der Waals surface area contributed by atoms with Crippen molar-refractivity contribution in [2.75, 3.05) is 13.1 Å². The lowest BCUT2D eigenvalue weighted by Gasteiger charge is -2.43. The standard InChI is InChI=1S/C16H21N3/c1-13-3-5-14(6-4-13)16(11-17-12-16)9-7-15-8-10-18-19(15)2/h3-6,8,10,17H,7,9,11-12H2,1-2H3. The molecule has 1 fully saturated rings. The molecule has 3 rings (SSSR count). The highest BCUT2D eigenvalue weighted by atomic mass is 15.2. The lowest BCUT2D eigenvalue weighted by molar-refractivity contribution is 0.256. The molecule has 1 aromatic heterocycles. The van der Waals surface area contributed by atoms with E-state index < -0.39 is 0 Å². The zero-order valence-corrected chi connectivity index (χ0v) is 11.7. The van der Waals surface area contributed by atoms with Crippen LogP contribution in [0.25, 0.3) is 0 Å². The summed E-state index contributed by atoms with van der Waals surface area (Å²) in [5.74, 6) is 0. The Hall–Kier alpha value is -1.61. The van der Waals surface area contributed by atoms with Crippen molar-refractivity contribution in [2.45, 2.75) is 25.2 Å². The normalized spacial score (nSPS) is 17.2. The molecule has 2 heterocycles. The average molecular weight is 255 g/mol. The summed E-state index contributed by atoms with van der Waals surface area (Å²) >= 11 is 0. The number of aryl methyl sites for hydroxylation is 3. The van der Waals surface area contributed by atoms with E-state index in [0.717, 1.165) is 19.5 Å². The van der Waals surface area contributed by atoms with E-state index in [9.17, 15) is 0 Å². The number of rotatable bonds is 4. The van der Waals surface area contributed by atoms with E-state index >= 15 is 0 Å². The zero-order chi connectivity index (χ0) is 13.3. The van der Waals surface area contributed by atoms with Gasteiger partial charge in [0.25, 0.3) is 0 Å². The van der Waals surface area contributed by atoms with Crippen LogP contribution in [0.1, 0.15) is 23.2 Å². The van der Waals surface area contributed by atoms with Crippen LogP contribution < -0.4 is 5.32 Å². The van der Waals surface area contributed by atoms with Gasteiger partial charge in [-0.2, -0.15) is 5.10 Å². The molecule has 0 radical (unpaired) electrons. The summed E-state index contributed by atoms with van der Waals surface area (Å²) in [5.41, 5.74) is 4.44. The van der Waals surface area contributed by atoms with E-state index in [4.69, 9.17) is 0 Å². The largest absolute Gasteiger partial charge is 0.315 e. The fourth-order valence-corrected chi connectivity index (χ4v) is 2.87. The van der Waals surface area contributed by atoms with Crippen molar-refractivity contribution in [1.82, 2.24) is 15.1 Å². The fourth-order valence-electron chi connectivity index (χ4n) is 2.87. The summed E-state index contributed by atoms with van der Waals surface area (Å²) in [6.07, 6.45) is 4.15. The Labute approximate surface area is 114 Å². The molecule has 100 valence electrons. The third kappa shape index (κ3) is 2.30. The van der Waals surface area contributed by atoms with Gasteiger partial charge in [-0.3, -0.25) is 4.68 Å². The molecule has 3 nitrogen and oxygen atoms in total. The van der Waals surface area contributed by atoms with Crippen molar-refractivity contribution in [3.8, 4) is 0 Å². The van der Waals surface area contributed by atoms with Crippen LogP contribution in [-0.2, 0) is 18.9 Å². The maximum absolute atomic E-state index is 4.25. The van der Waals surface area contributed by atoms with Gasteiger partial charge in [0, 0.05) is 37.4 Å². The Kier molecular flexibility index (Phi) is 3.15. The first-order chi connectivity index (χ1) is 9.20. The van der Waals surface area contributed by atoms with Crippen LogP contribution in [0, 0.1) is 6.92 Å². The lowest BCUT2D eigenvalue weighted by Crippen LogP contribution is -2.57. The molecule has 0 unspecified atom stereocenters. The third-order valence-corrected chi connectivity index (χ3v) is 4.37. The number of nitrogens with zero attached hydrogens (tertiary/aromatic N) is 2. The average Bonchev–Trinajstić information content (AvgIpc) is 2.76. The van der Waals surface area contributed by atoms with Crippen molar-refractivity contribution in [3.63, 3.8) is 0 Å². The number of benzene rings is 1. The van der Waals surface area contributed by atoms with Crippen LogP contribution in [0.15, 0.2) is 36.5 Å². The second-order valence-corrected chi connectivity index (χ2v) is 5.70. The number of aromatic nitrogens is 2. The van der Waals surface area contributed by atoms with Gasteiger partial charge in [-0.05, 0) is 31.4 Å². The number of nitrogens with one attached hydrogen (secondary N) is 1. The van der Waals surface area contributed by atoms with E-state index in [0.29, 0.717) is 5.41 Å². The molecule has 1 aromatic carbocycles. The summed E-state index contributed by atoms with van der Waals surface area (Å²) in [6, 6.07) is 11.1. The van der Waals surface area contributed by atoms with Crippen molar-refractivity contribution in [3.05, 3.63) is 53.3 Å². The predicted octanol–water partition coefficient (Wildman–Crippen LogP) is 2.20. The SMILES string of the molecule is Cc1ccc(C2(CCc3ccnn3C)CNC2)cc1. The molecule has 3 heteroatoms. The molecule has 0 amide bonds. The van der Waals surface area contributed by atoms with Gasteiger partial charge in [-0.25, -0.2) is 0 Å². The lowest BCUT2D eigenvalue weighted by atomic mass is 9.71. The Bertz CT molecular complexity index is 550. The third-order valence-electron chi connectivity index (χ3n) is 4.37. The Balaban J connectivity index is 1.76. The quantitative estimate of drug-likeness (QED) is 0.907. The van der Waals surface area contributed by atoms with Crippen LogP contribution in [0.4, 0.5) is 0 Å². The van der Waals surface area contributed by atoms with Gasteiger partial charge >= 0.3 is 0 Å². The predicted molar refractivity (Wildman–Crippen MR) is 77.3 cm³/mol. The summed E-state index contributed by atoms with van der Waals surface area (Å²) in [5, 5.41) is 7.68. The molecule has 0 bridgehead atoms. The van der Waals surface area contributed by atoms with Gasteiger partial charge in [-0.1, -0.05) is 29.8 Å². The molecule has 2 aromatic rings. The Morgan fingerprint density at radius 2 is 1.95 bits per heavy atom. The summed E-state index contributed by atoms with van der Waals surface area (Å²) in [4.78, 5) is 0. The van der Waals surface area contributed by atoms with Gasteiger partial charge in [0.05, 0.1) is 0 Å². The Morgan fingerprint density at radius 3 is 2.47 bits per heavy atom. The first-order valence-electron chi connectivity index (χ1n) is 6.94. The first kappa shape index (κ1) is 12.4. The molecular formula is C16H21N3. The van der Waals surface area contributed by atoms with Crippen molar-refractivity contribution >= 4 is 0 Å². The highest BCUT2D eigenvalue weighted by Crippen LogP contribution is 2.33. The van der Waals surface area contributed by atoms with Gasteiger partial charge < -0.3 is 5.32 Å². The van der Waals surface area contributed by atoms with Crippen LogP contribution in [0.3, 0.4) is 0 Å². The van der Waals surface area contributed by atoms with Crippen LogP contribution >= 0.6 is 0 Å². The molecular weight excluding hydrogens is 234 g/mol. The maximum atomic E-state index is 4.25. The summed E-state index contributed by atoms with van der Waals surface area (Å²) in [6.45, 7) is 4.33. The van der Waals surface area contributed by atoms with E-state index in [1.54, 1.807) is 0 Å². The van der Waals surface area contributed by atoms with E-state index in [1.165, 1.54) is 23.2 Å². The zero-order valence-electron chi connectivity index (χ0n) is 11.7. The highest BCUT2D eigenvalue weighted by Gasteiger charge is 2.38. The Morgan fingerprint density at radius 1 is 1.21 bits per heavy atom. The van der Waals surface area contributed by atoms with Crippen molar-refractivity contribution in [2.24, 2.45) is 7.05 Å². The molecule has 19 heavy (non-hydrogen) atoms. The van der Waals surface area contributed by atoms with Crippen molar-refractivity contribution in [1.29, 1.82) is 0 Å². The smallest absolute Gasteiger partial charge is 0.0492 e. The molecule has 0 aliphatic carbocycles. The minimum atomic E-state index is 0.317. The van der Waals surface area contributed by atoms with E-state index in [1.807, 2.05) is 17.9 Å². The maximum Gasteiger partial charge on any atom is 0.0492 e. The van der Waals surface area contributed by atoms with Crippen LogP contribution in [0.5, 0.6) is 0 Å². The number of hydrogen-bond acceptors (Lipinski definition) is 2. The molecule has 0 spiro atoms. The summed E-state index contributed by atoms with van der Waals surface area (Å²) < 4.78 is 1.98. The van der Waals surface area contributed by atoms with Gasteiger partial charge in [-0.15, -0.1) is 0 Å². The first-order valence-corrected chi connectivity index (χ1v) is 6.94. The summed E-state index contributed by atoms with van der Waals surface area (Å²) in [7, 11) is 2.02. The van der Waals surface area contributed by atoms with Crippen LogP contribution in [-0.4, -0.2) is 22.9 Å². The molecule has 0 atom stereocenters. The van der Waals surface area contributed by atoms with Gasteiger partial charge in [0.2, 0.25) is 0 Å². The molecule has 0 saturated carbocycles. The minimum Gasteiger partial charge on any atom is -0.315 e. The van der Waals surface area contributed by atoms with Gasteiger partial charge in [0.1, 0.15) is 0 Å². The molecule has 1 saturated heterocycles. The van der Waals surface area contributed by atoms with Gasteiger partial charge in [0.15, 0.2) is 0 Å². The molecule has 1 aliphatic heterocycles. The fraction of sp³-hybridized carbons (Fsp3) is 0.438. The minimum absolute atomic E-state index is 0.317. The monoisotopic (exact) mass is 255 g/mol. The van der Waals surface area contributed by atoms with E-state index in [-0.39, 0.29) is 0 Å². The number of hydrogen-bond donors (Lipinski definition) is 1. The topological polar surface area (TPSA) is 29.9 Å². The van der Waals surface area contributed by atoms with E-state index in [2.05, 4.69) is 47.7 Å². The second-order valence-electron chi connectivity index (χ2n) is 5.70.